The molecule has 0 aliphatic carbocycles. The van der Waals surface area contributed by atoms with Gasteiger partial charge in [-0.15, -0.1) is 0 Å². The summed E-state index contributed by atoms with van der Waals surface area (Å²) in [6.45, 7) is 0.204. The molecule has 0 spiro atoms. The highest BCUT2D eigenvalue weighted by Gasteiger charge is 2.36. The van der Waals surface area contributed by atoms with Crippen molar-refractivity contribution in [3.05, 3.63) is 59.9 Å². The summed E-state index contributed by atoms with van der Waals surface area (Å²) in [6.07, 6.45) is 3.66. The highest BCUT2D eigenvalue weighted by molar-refractivity contribution is 6.30. The van der Waals surface area contributed by atoms with Crippen molar-refractivity contribution < 1.29 is 8.78 Å². The molecule has 0 atom stereocenters. The lowest BCUT2D eigenvalue weighted by Gasteiger charge is -2.33. The number of benzene rings is 1. The lowest BCUT2D eigenvalue weighted by Crippen LogP contribution is -2.43. The highest BCUT2D eigenvalue weighted by atomic mass is 35.5. The summed E-state index contributed by atoms with van der Waals surface area (Å²) >= 11 is 5.98. The average molecular weight is 387 g/mol. The second kappa shape index (κ2) is 7.19. The fraction of sp³-hybridized carbons (Fsp3) is 0.250. The van der Waals surface area contributed by atoms with Gasteiger partial charge in [0.25, 0.3) is 5.92 Å². The minimum absolute atomic E-state index is 0.0892. The Balaban J connectivity index is 1.80. The third-order valence-corrected chi connectivity index (χ3v) is 4.74. The van der Waals surface area contributed by atoms with E-state index in [1.165, 1.54) is 0 Å². The van der Waals surface area contributed by atoms with Crippen LogP contribution in [0.4, 0.5) is 14.6 Å². The largest absolute Gasteiger partial charge is 0.350 e. The quantitative estimate of drug-likeness (QED) is 0.628. The van der Waals surface area contributed by atoms with Crippen molar-refractivity contribution in [1.29, 1.82) is 0 Å². The van der Waals surface area contributed by atoms with Gasteiger partial charge in [-0.3, -0.25) is 4.98 Å². The molecule has 1 fully saturated rings. The van der Waals surface area contributed by atoms with E-state index in [1.54, 1.807) is 41.6 Å². The smallest absolute Gasteiger partial charge is 0.265 e. The Morgan fingerprint density at radius 1 is 1.04 bits per heavy atom. The lowest BCUT2D eigenvalue weighted by molar-refractivity contribution is -0.0118. The van der Waals surface area contributed by atoms with Crippen LogP contribution in [-0.4, -0.2) is 34.0 Å². The molecule has 1 aromatic carbocycles. The van der Waals surface area contributed by atoms with Gasteiger partial charge in [0.05, 0.1) is 12.2 Å². The van der Waals surface area contributed by atoms with Crippen LogP contribution >= 0.6 is 11.6 Å². The van der Waals surface area contributed by atoms with Crippen molar-refractivity contribution in [2.75, 3.05) is 18.0 Å². The number of anilines is 1. The van der Waals surface area contributed by atoms with E-state index in [4.69, 9.17) is 11.6 Å². The molecule has 4 rings (SSSR count). The van der Waals surface area contributed by atoms with Crippen molar-refractivity contribution >= 4 is 17.4 Å². The zero-order valence-corrected chi connectivity index (χ0v) is 15.2. The van der Waals surface area contributed by atoms with Gasteiger partial charge in [0.2, 0.25) is 0 Å². The number of hydrogen-bond acceptors (Lipinski definition) is 4. The molecule has 0 bridgehead atoms. The van der Waals surface area contributed by atoms with E-state index >= 15 is 0 Å². The number of halogens is 3. The number of pyridine rings is 1. The number of piperidine rings is 1. The maximum absolute atomic E-state index is 13.9. The van der Waals surface area contributed by atoms with Gasteiger partial charge >= 0.3 is 0 Å². The van der Waals surface area contributed by atoms with E-state index in [0.717, 1.165) is 11.1 Å². The lowest BCUT2D eigenvalue weighted by atomic mass is 10.1. The maximum atomic E-state index is 13.9. The predicted molar refractivity (Wildman–Crippen MR) is 102 cm³/mol. The fourth-order valence-corrected chi connectivity index (χ4v) is 3.28. The number of aromatic nitrogens is 3. The summed E-state index contributed by atoms with van der Waals surface area (Å²) in [6, 6.07) is 12.7. The van der Waals surface area contributed by atoms with Gasteiger partial charge in [0, 0.05) is 47.6 Å². The number of rotatable bonds is 3. The zero-order valence-electron chi connectivity index (χ0n) is 14.4. The molecule has 7 heteroatoms. The Morgan fingerprint density at radius 2 is 1.85 bits per heavy atom. The molecule has 3 aromatic rings. The van der Waals surface area contributed by atoms with Crippen LogP contribution in [0, 0.1) is 0 Å². The standard InChI is InChI=1S/C20H17ClF2N4/c21-16-6-4-14(5-7-16)17-11-18(27-10-2-8-20(22,23)13-27)26-19(25-17)15-3-1-9-24-12-15/h1,3-7,9,11-12H,2,8,10,13H2. The van der Waals surface area contributed by atoms with Gasteiger partial charge in [0.1, 0.15) is 5.82 Å². The van der Waals surface area contributed by atoms with E-state index in [-0.39, 0.29) is 13.0 Å². The van der Waals surface area contributed by atoms with Gasteiger partial charge in [-0.1, -0.05) is 23.7 Å². The van der Waals surface area contributed by atoms with Crippen LogP contribution < -0.4 is 4.90 Å². The first-order chi connectivity index (χ1) is 13.0. The predicted octanol–water partition coefficient (Wildman–Crippen LogP) is 5.09. The van der Waals surface area contributed by atoms with E-state index < -0.39 is 5.92 Å². The summed E-state index contributed by atoms with van der Waals surface area (Å²) in [4.78, 5) is 14.9. The second-order valence-electron chi connectivity index (χ2n) is 6.56. The first-order valence-electron chi connectivity index (χ1n) is 8.68. The molecule has 2 aromatic heterocycles. The number of alkyl halides is 2. The normalized spacial score (nSPS) is 16.3. The van der Waals surface area contributed by atoms with Gasteiger partial charge in [-0.25, -0.2) is 18.7 Å². The van der Waals surface area contributed by atoms with Crippen LogP contribution in [0.5, 0.6) is 0 Å². The maximum Gasteiger partial charge on any atom is 0.265 e. The van der Waals surface area contributed by atoms with Crippen molar-refractivity contribution in [2.45, 2.75) is 18.8 Å². The van der Waals surface area contributed by atoms with E-state index in [0.29, 0.717) is 35.3 Å². The third kappa shape index (κ3) is 4.06. The van der Waals surface area contributed by atoms with Crippen LogP contribution in [-0.2, 0) is 0 Å². The molecular formula is C20H17ClF2N4. The molecule has 1 aliphatic heterocycles. The Labute approximate surface area is 160 Å². The second-order valence-corrected chi connectivity index (χ2v) is 7.00. The van der Waals surface area contributed by atoms with Crippen LogP contribution in [0.25, 0.3) is 22.6 Å². The average Bonchev–Trinajstić information content (AvgIpc) is 2.68. The number of nitrogens with zero attached hydrogens (tertiary/aromatic N) is 4. The molecule has 0 saturated carbocycles. The van der Waals surface area contributed by atoms with Crippen molar-refractivity contribution in [1.82, 2.24) is 15.0 Å². The summed E-state index contributed by atoms with van der Waals surface area (Å²) < 4.78 is 27.8. The SMILES string of the molecule is FC1(F)CCCN(c2cc(-c3ccc(Cl)cc3)nc(-c3cccnc3)n2)C1. The summed E-state index contributed by atoms with van der Waals surface area (Å²) in [7, 11) is 0. The Bertz CT molecular complexity index is 932. The summed E-state index contributed by atoms with van der Waals surface area (Å²) in [5, 5.41) is 0.621. The van der Waals surface area contributed by atoms with Crippen LogP contribution in [0.1, 0.15) is 12.8 Å². The van der Waals surface area contributed by atoms with Crippen LogP contribution in [0.15, 0.2) is 54.9 Å². The molecule has 138 valence electrons. The fourth-order valence-electron chi connectivity index (χ4n) is 3.15. The van der Waals surface area contributed by atoms with Crippen molar-refractivity contribution in [3.8, 4) is 22.6 Å². The topological polar surface area (TPSA) is 41.9 Å². The molecule has 0 unspecified atom stereocenters. The third-order valence-electron chi connectivity index (χ3n) is 4.49. The number of hydrogen-bond donors (Lipinski definition) is 0. The van der Waals surface area contributed by atoms with Gasteiger partial charge in [-0.2, -0.15) is 0 Å². The minimum Gasteiger partial charge on any atom is -0.350 e. The van der Waals surface area contributed by atoms with Crippen molar-refractivity contribution in [3.63, 3.8) is 0 Å². The Kier molecular flexibility index (Phi) is 4.74. The Hall–Kier alpha value is -2.60. The highest BCUT2D eigenvalue weighted by Crippen LogP contribution is 2.32. The van der Waals surface area contributed by atoms with E-state index in [2.05, 4.69) is 15.0 Å². The molecular weight excluding hydrogens is 370 g/mol. The monoisotopic (exact) mass is 386 g/mol. The van der Waals surface area contributed by atoms with E-state index in [1.807, 2.05) is 18.2 Å². The molecule has 3 heterocycles. The Morgan fingerprint density at radius 3 is 2.56 bits per heavy atom. The molecule has 27 heavy (non-hydrogen) atoms. The van der Waals surface area contributed by atoms with Gasteiger partial charge in [0.15, 0.2) is 5.82 Å². The van der Waals surface area contributed by atoms with Gasteiger partial charge in [-0.05, 0) is 30.7 Å². The molecule has 1 aliphatic rings. The van der Waals surface area contributed by atoms with Crippen molar-refractivity contribution in [2.24, 2.45) is 0 Å². The first kappa shape index (κ1) is 17.8. The summed E-state index contributed by atoms with van der Waals surface area (Å²) in [5.74, 6) is -1.76. The van der Waals surface area contributed by atoms with Crippen LogP contribution in [0.3, 0.4) is 0 Å². The van der Waals surface area contributed by atoms with Crippen LogP contribution in [0.2, 0.25) is 5.02 Å². The summed E-state index contributed by atoms with van der Waals surface area (Å²) in [5.41, 5.74) is 2.24. The zero-order chi connectivity index (χ0) is 18.9. The first-order valence-corrected chi connectivity index (χ1v) is 9.06. The minimum atomic E-state index is -2.71. The molecule has 0 amide bonds. The van der Waals surface area contributed by atoms with Gasteiger partial charge < -0.3 is 4.90 Å². The van der Waals surface area contributed by atoms with E-state index in [9.17, 15) is 8.78 Å². The molecule has 0 radical (unpaired) electrons. The molecule has 1 saturated heterocycles. The molecule has 4 nitrogen and oxygen atoms in total. The molecule has 0 N–H and O–H groups in total.